The third-order valence-electron chi connectivity index (χ3n) is 5.31. The number of benzene rings is 2. The number of phenolic OH excluding ortho intramolecular Hbond substituents is 2. The van der Waals surface area contributed by atoms with Gasteiger partial charge in [0.2, 0.25) is 0 Å². The summed E-state index contributed by atoms with van der Waals surface area (Å²) in [4.78, 5) is 4.15. The fourth-order valence-electron chi connectivity index (χ4n) is 4.21. The number of aryl methyl sites for hydroxylation is 2. The molecule has 0 unspecified atom stereocenters. The summed E-state index contributed by atoms with van der Waals surface area (Å²) in [5, 5.41) is 21.2. The van der Waals surface area contributed by atoms with Crippen molar-refractivity contribution in [3.8, 4) is 11.5 Å². The predicted molar refractivity (Wildman–Crippen MR) is 122 cm³/mol. The van der Waals surface area contributed by atoms with Crippen molar-refractivity contribution in [2.75, 3.05) is 28.2 Å². The van der Waals surface area contributed by atoms with Gasteiger partial charge in [-0.25, -0.2) is 0 Å². The highest BCUT2D eigenvalue weighted by molar-refractivity contribution is 5.50. The van der Waals surface area contributed by atoms with Crippen molar-refractivity contribution in [3.63, 3.8) is 0 Å². The molecule has 29 heavy (non-hydrogen) atoms. The fraction of sp³-hybridized carbons (Fsp3) is 0.520. The summed E-state index contributed by atoms with van der Waals surface area (Å²) >= 11 is 0. The maximum Gasteiger partial charge on any atom is 0.122 e. The van der Waals surface area contributed by atoms with Crippen molar-refractivity contribution >= 4 is 0 Å². The second-order valence-corrected chi connectivity index (χ2v) is 9.97. The lowest BCUT2D eigenvalue weighted by atomic mass is 9.71. The number of rotatable bonds is 6. The average Bonchev–Trinajstić information content (AvgIpc) is 2.54. The molecule has 4 heteroatoms. The number of hydrogen-bond donors (Lipinski definition) is 2. The summed E-state index contributed by atoms with van der Waals surface area (Å²) in [7, 11) is 8.05. The summed E-state index contributed by atoms with van der Waals surface area (Å²) in [6, 6.07) is 8.51. The lowest BCUT2D eigenvalue weighted by Crippen LogP contribution is -2.21. The van der Waals surface area contributed by atoms with E-state index in [1.165, 1.54) is 11.1 Å². The molecule has 0 aliphatic heterocycles. The second kappa shape index (κ2) is 8.76. The largest absolute Gasteiger partial charge is 0.507 e. The SMILES string of the molecule is Cc1cc(C(c2cc(C)c(O)c(CN(C)C)c2)C(C)(C)C)cc(CN(C)C)c1O. The number of nitrogens with zero attached hydrogens (tertiary/aromatic N) is 2. The molecule has 4 nitrogen and oxygen atoms in total. The van der Waals surface area contributed by atoms with Crippen LogP contribution in [0.5, 0.6) is 11.5 Å². The van der Waals surface area contributed by atoms with E-state index in [1.807, 2.05) is 42.0 Å². The molecule has 0 bridgehead atoms. The molecule has 2 N–H and O–H groups in total. The Morgan fingerprint density at radius 1 is 0.724 bits per heavy atom. The summed E-state index contributed by atoms with van der Waals surface area (Å²) in [5.41, 5.74) is 6.07. The molecule has 0 radical (unpaired) electrons. The van der Waals surface area contributed by atoms with Gasteiger partial charge < -0.3 is 20.0 Å². The standard InChI is InChI=1S/C25H38N2O2/c1-16-10-18(12-20(23(16)28)14-26(6)7)22(25(3,4)5)19-11-17(2)24(29)21(13-19)15-27(8)9/h10-13,22,28-29H,14-15H2,1-9H3. The van der Waals surface area contributed by atoms with Crippen molar-refractivity contribution < 1.29 is 10.2 Å². The van der Waals surface area contributed by atoms with Crippen molar-refractivity contribution in [2.45, 2.75) is 53.6 Å². The van der Waals surface area contributed by atoms with E-state index >= 15 is 0 Å². The zero-order valence-electron chi connectivity index (χ0n) is 19.6. The van der Waals surface area contributed by atoms with Crippen LogP contribution in [0.3, 0.4) is 0 Å². The molecule has 0 spiro atoms. The van der Waals surface area contributed by atoms with Crippen LogP contribution < -0.4 is 0 Å². The predicted octanol–water partition coefficient (Wildman–Crippen LogP) is 5.02. The monoisotopic (exact) mass is 398 g/mol. The van der Waals surface area contributed by atoms with Crippen LogP contribution in [0.4, 0.5) is 0 Å². The van der Waals surface area contributed by atoms with Crippen molar-refractivity contribution in [3.05, 3.63) is 57.6 Å². The normalized spacial score (nSPS) is 12.4. The van der Waals surface area contributed by atoms with Crippen LogP contribution in [0.2, 0.25) is 0 Å². The van der Waals surface area contributed by atoms with Crippen LogP contribution in [0.1, 0.15) is 60.1 Å². The third kappa shape index (κ3) is 5.52. The molecule has 2 aromatic carbocycles. The van der Waals surface area contributed by atoms with E-state index in [-0.39, 0.29) is 11.3 Å². The van der Waals surface area contributed by atoms with E-state index < -0.39 is 0 Å². The van der Waals surface area contributed by atoms with E-state index in [0.29, 0.717) is 24.6 Å². The first-order valence-corrected chi connectivity index (χ1v) is 10.3. The van der Waals surface area contributed by atoms with Crippen molar-refractivity contribution in [1.82, 2.24) is 9.80 Å². The van der Waals surface area contributed by atoms with Gasteiger partial charge in [-0.2, -0.15) is 0 Å². The molecule has 160 valence electrons. The molecule has 2 aromatic rings. The van der Waals surface area contributed by atoms with E-state index in [9.17, 15) is 10.2 Å². The minimum Gasteiger partial charge on any atom is -0.507 e. The topological polar surface area (TPSA) is 46.9 Å². The molecular formula is C25H38N2O2. The Morgan fingerprint density at radius 2 is 1.07 bits per heavy atom. The van der Waals surface area contributed by atoms with E-state index in [1.54, 1.807) is 0 Å². The van der Waals surface area contributed by atoms with Crippen LogP contribution in [0, 0.1) is 19.3 Å². The Morgan fingerprint density at radius 3 is 1.34 bits per heavy atom. The zero-order chi connectivity index (χ0) is 22.1. The smallest absolute Gasteiger partial charge is 0.122 e. The number of phenols is 2. The van der Waals surface area contributed by atoms with Gasteiger partial charge in [-0.1, -0.05) is 45.0 Å². The van der Waals surface area contributed by atoms with Gasteiger partial charge in [0.1, 0.15) is 11.5 Å². The Bertz CT molecular complexity index is 799. The molecule has 0 saturated heterocycles. The van der Waals surface area contributed by atoms with Gasteiger partial charge in [0.25, 0.3) is 0 Å². The molecule has 0 heterocycles. The molecule has 0 aromatic heterocycles. The highest BCUT2D eigenvalue weighted by Gasteiger charge is 2.30. The Labute approximate surface area is 176 Å². The van der Waals surface area contributed by atoms with E-state index in [4.69, 9.17) is 0 Å². The van der Waals surface area contributed by atoms with Crippen molar-refractivity contribution in [2.24, 2.45) is 5.41 Å². The van der Waals surface area contributed by atoms with E-state index in [2.05, 4.69) is 54.8 Å². The van der Waals surface area contributed by atoms with Gasteiger partial charge in [-0.15, -0.1) is 0 Å². The maximum absolute atomic E-state index is 10.6. The highest BCUT2D eigenvalue weighted by Crippen LogP contribution is 2.44. The van der Waals surface area contributed by atoms with Crippen LogP contribution in [-0.4, -0.2) is 48.2 Å². The summed E-state index contributed by atoms with van der Waals surface area (Å²) in [5.74, 6) is 0.901. The molecule has 0 saturated carbocycles. The lowest BCUT2D eigenvalue weighted by molar-refractivity contribution is 0.353. The van der Waals surface area contributed by atoms with Crippen LogP contribution in [0.25, 0.3) is 0 Å². The van der Waals surface area contributed by atoms with Crippen molar-refractivity contribution in [1.29, 1.82) is 0 Å². The maximum atomic E-state index is 10.6. The fourth-order valence-corrected chi connectivity index (χ4v) is 4.21. The second-order valence-electron chi connectivity index (χ2n) is 9.97. The molecule has 0 atom stereocenters. The number of hydrogen-bond acceptors (Lipinski definition) is 4. The summed E-state index contributed by atoms with van der Waals surface area (Å²) in [6.45, 7) is 12.1. The third-order valence-corrected chi connectivity index (χ3v) is 5.31. The first kappa shape index (κ1) is 23.2. The van der Waals surface area contributed by atoms with Crippen LogP contribution >= 0.6 is 0 Å². The Hall–Kier alpha value is -2.04. The van der Waals surface area contributed by atoms with Gasteiger partial charge in [0.05, 0.1) is 0 Å². The summed E-state index contributed by atoms with van der Waals surface area (Å²) in [6.07, 6.45) is 0. The molecular weight excluding hydrogens is 360 g/mol. The Kier molecular flexibility index (Phi) is 7.02. The molecule has 0 aliphatic carbocycles. The van der Waals surface area contributed by atoms with Gasteiger partial charge in [-0.05, 0) is 69.7 Å². The minimum atomic E-state index is -0.0302. The van der Waals surface area contributed by atoms with Crippen LogP contribution in [-0.2, 0) is 13.1 Å². The first-order chi connectivity index (χ1) is 13.3. The molecule has 0 amide bonds. The average molecular weight is 399 g/mol. The van der Waals surface area contributed by atoms with E-state index in [0.717, 1.165) is 22.3 Å². The minimum absolute atomic E-state index is 0.0302. The number of aromatic hydroxyl groups is 2. The molecule has 0 aliphatic rings. The lowest BCUT2D eigenvalue weighted by Gasteiger charge is -2.33. The Balaban J connectivity index is 2.69. The zero-order valence-corrected chi connectivity index (χ0v) is 19.6. The van der Waals surface area contributed by atoms with Crippen LogP contribution in [0.15, 0.2) is 24.3 Å². The van der Waals surface area contributed by atoms with Gasteiger partial charge >= 0.3 is 0 Å². The highest BCUT2D eigenvalue weighted by atomic mass is 16.3. The van der Waals surface area contributed by atoms with Gasteiger partial charge in [-0.3, -0.25) is 0 Å². The summed E-state index contributed by atoms with van der Waals surface area (Å²) < 4.78 is 0. The van der Waals surface area contributed by atoms with Gasteiger partial charge in [0, 0.05) is 30.1 Å². The van der Waals surface area contributed by atoms with Gasteiger partial charge in [0.15, 0.2) is 0 Å². The molecule has 0 fully saturated rings. The first-order valence-electron chi connectivity index (χ1n) is 10.3. The molecule has 2 rings (SSSR count). The quantitative estimate of drug-likeness (QED) is 0.718.